The first-order valence-corrected chi connectivity index (χ1v) is 7.61. The van der Waals surface area contributed by atoms with E-state index in [2.05, 4.69) is 5.32 Å². The van der Waals surface area contributed by atoms with Crippen LogP contribution in [0.1, 0.15) is 0 Å². The van der Waals surface area contributed by atoms with E-state index in [1.54, 1.807) is 0 Å². The van der Waals surface area contributed by atoms with Gasteiger partial charge in [0.15, 0.2) is 4.32 Å². The molecule has 2 aliphatic heterocycles. The molecule has 6 heteroatoms. The van der Waals surface area contributed by atoms with Gasteiger partial charge in [0.1, 0.15) is 5.75 Å². The molecule has 0 aromatic heterocycles. The van der Waals surface area contributed by atoms with Crippen LogP contribution in [0.5, 0.6) is 5.75 Å². The van der Waals surface area contributed by atoms with Gasteiger partial charge in [0.25, 0.3) is 0 Å². The molecular formula is C15H10N2O2S2. The first kappa shape index (κ1) is 12.7. The van der Waals surface area contributed by atoms with E-state index in [1.165, 1.54) is 16.7 Å². The molecule has 2 heterocycles. The number of thioether (sulfide) groups is 1. The first-order valence-electron chi connectivity index (χ1n) is 6.38. The third-order valence-electron chi connectivity index (χ3n) is 3.35. The Morgan fingerprint density at radius 3 is 2.57 bits per heavy atom. The second-order valence-corrected chi connectivity index (χ2v) is 6.49. The lowest BCUT2D eigenvalue weighted by atomic mass is 10.3. The number of anilines is 2. The summed E-state index contributed by atoms with van der Waals surface area (Å²) in [5, 5.41) is 1.97. The zero-order valence-corrected chi connectivity index (χ0v) is 12.4. The van der Waals surface area contributed by atoms with Crippen LogP contribution in [0.2, 0.25) is 0 Å². The number of ether oxygens (including phenoxy) is 1. The van der Waals surface area contributed by atoms with Crippen molar-refractivity contribution in [2.45, 2.75) is 5.06 Å². The van der Waals surface area contributed by atoms with Crippen LogP contribution in [0.15, 0.2) is 54.6 Å². The second-order valence-electron chi connectivity index (χ2n) is 4.68. The molecule has 4 nitrogen and oxygen atoms in total. The van der Waals surface area contributed by atoms with Crippen LogP contribution in [-0.2, 0) is 4.79 Å². The Balaban J connectivity index is 1.72. The van der Waals surface area contributed by atoms with E-state index in [0.29, 0.717) is 10.1 Å². The number of benzene rings is 2. The molecule has 4 rings (SSSR count). The lowest BCUT2D eigenvalue weighted by molar-refractivity contribution is -0.123. The van der Waals surface area contributed by atoms with Crippen LogP contribution in [0, 0.1) is 0 Å². The van der Waals surface area contributed by atoms with E-state index in [-0.39, 0.29) is 5.91 Å². The van der Waals surface area contributed by atoms with Crippen molar-refractivity contribution in [2.75, 3.05) is 10.2 Å². The largest absolute Gasteiger partial charge is 0.447 e. The van der Waals surface area contributed by atoms with Gasteiger partial charge in [-0.3, -0.25) is 9.69 Å². The lowest BCUT2D eigenvalue weighted by Gasteiger charge is -2.20. The van der Waals surface area contributed by atoms with Gasteiger partial charge in [-0.15, -0.1) is 0 Å². The Morgan fingerprint density at radius 1 is 1.10 bits per heavy atom. The highest BCUT2D eigenvalue weighted by molar-refractivity contribution is 8.25. The highest BCUT2D eigenvalue weighted by Gasteiger charge is 2.57. The summed E-state index contributed by atoms with van der Waals surface area (Å²) >= 11 is 6.59. The number of nitrogens with one attached hydrogen (secondary N) is 1. The molecule has 0 aliphatic carbocycles. The minimum absolute atomic E-state index is 0.208. The normalized spacial score (nSPS) is 23.1. The maximum atomic E-state index is 12.8. The molecule has 0 saturated carbocycles. The van der Waals surface area contributed by atoms with Crippen LogP contribution < -0.4 is 15.0 Å². The standard InChI is InChI=1S/C15H10N2O2S2/c18-13-15(16-11-8-4-5-9-12(11)19-15)21-14(20)17(13)10-6-2-1-3-7-10/h1-9,16H. The Morgan fingerprint density at radius 2 is 1.81 bits per heavy atom. The van der Waals surface area contributed by atoms with Crippen molar-refractivity contribution in [1.29, 1.82) is 0 Å². The number of para-hydroxylation sites is 3. The van der Waals surface area contributed by atoms with Crippen molar-refractivity contribution in [3.63, 3.8) is 0 Å². The quantitative estimate of drug-likeness (QED) is 0.819. The highest BCUT2D eigenvalue weighted by atomic mass is 32.2. The van der Waals surface area contributed by atoms with E-state index < -0.39 is 5.06 Å². The number of hydrogen-bond donors (Lipinski definition) is 1. The van der Waals surface area contributed by atoms with Crippen molar-refractivity contribution in [3.8, 4) is 5.75 Å². The fourth-order valence-electron chi connectivity index (χ4n) is 2.40. The number of nitrogens with zero attached hydrogens (tertiary/aromatic N) is 1. The predicted octanol–water partition coefficient (Wildman–Crippen LogP) is 3.21. The van der Waals surface area contributed by atoms with Crippen molar-refractivity contribution in [3.05, 3.63) is 54.6 Å². The van der Waals surface area contributed by atoms with E-state index in [9.17, 15) is 4.79 Å². The molecule has 0 bridgehead atoms. The average molecular weight is 314 g/mol. The van der Waals surface area contributed by atoms with Crippen molar-refractivity contribution < 1.29 is 9.53 Å². The average Bonchev–Trinajstić information content (AvgIpc) is 2.97. The van der Waals surface area contributed by atoms with Crippen molar-refractivity contribution in [1.82, 2.24) is 0 Å². The van der Waals surface area contributed by atoms with E-state index in [1.807, 2.05) is 54.6 Å². The van der Waals surface area contributed by atoms with Crippen LogP contribution in [-0.4, -0.2) is 15.3 Å². The molecule has 1 N–H and O–H groups in total. The van der Waals surface area contributed by atoms with Gasteiger partial charge in [-0.05, 0) is 36.0 Å². The minimum Gasteiger partial charge on any atom is -0.447 e. The van der Waals surface area contributed by atoms with Gasteiger partial charge in [-0.1, -0.05) is 42.5 Å². The SMILES string of the molecule is O=C1N(c2ccccc2)C(=S)SC12Nc1ccccc1O2. The molecule has 0 radical (unpaired) electrons. The van der Waals surface area contributed by atoms with Crippen molar-refractivity contribution >= 4 is 45.6 Å². The third-order valence-corrected chi connectivity index (χ3v) is 4.79. The second kappa shape index (κ2) is 4.47. The summed E-state index contributed by atoms with van der Waals surface area (Å²) < 4.78 is 6.34. The topological polar surface area (TPSA) is 41.6 Å². The Bertz CT molecular complexity index is 723. The van der Waals surface area contributed by atoms with Gasteiger partial charge in [-0.25, -0.2) is 0 Å². The van der Waals surface area contributed by atoms with E-state index in [4.69, 9.17) is 17.0 Å². The number of hydrogen-bond acceptors (Lipinski definition) is 5. The molecule has 2 aliphatic rings. The van der Waals surface area contributed by atoms with E-state index >= 15 is 0 Å². The molecule has 2 aromatic rings. The van der Waals surface area contributed by atoms with Crippen molar-refractivity contribution in [2.24, 2.45) is 0 Å². The van der Waals surface area contributed by atoms with E-state index in [0.717, 1.165) is 11.4 Å². The maximum Gasteiger partial charge on any atom is 0.317 e. The summed E-state index contributed by atoms with van der Waals surface area (Å²) in [4.78, 5) is 14.4. The van der Waals surface area contributed by atoms with Gasteiger partial charge in [-0.2, -0.15) is 0 Å². The van der Waals surface area contributed by atoms with Gasteiger partial charge in [0.05, 0.1) is 11.4 Å². The summed E-state index contributed by atoms with van der Waals surface area (Å²) in [5.74, 6) is 0.455. The summed E-state index contributed by atoms with van der Waals surface area (Å²) in [7, 11) is 0. The van der Waals surface area contributed by atoms with Gasteiger partial charge in [0.2, 0.25) is 0 Å². The number of carbonyl (C=O) groups is 1. The number of carbonyl (C=O) groups excluding carboxylic acids is 1. The Kier molecular flexibility index (Phi) is 2.70. The fourth-order valence-corrected chi connectivity index (χ4v) is 3.94. The molecular weight excluding hydrogens is 304 g/mol. The predicted molar refractivity (Wildman–Crippen MR) is 87.5 cm³/mol. The summed E-state index contributed by atoms with van der Waals surface area (Å²) in [6.07, 6.45) is 0. The van der Waals surface area contributed by atoms with Gasteiger partial charge >= 0.3 is 11.0 Å². The zero-order chi connectivity index (χ0) is 14.4. The smallest absolute Gasteiger partial charge is 0.317 e. The van der Waals surface area contributed by atoms with Gasteiger partial charge < -0.3 is 10.1 Å². The van der Waals surface area contributed by atoms with Crippen LogP contribution >= 0.6 is 24.0 Å². The summed E-state index contributed by atoms with van der Waals surface area (Å²) in [6, 6.07) is 16.8. The highest BCUT2D eigenvalue weighted by Crippen LogP contribution is 2.48. The number of amides is 1. The number of rotatable bonds is 1. The molecule has 2 aromatic carbocycles. The molecule has 1 amide bonds. The van der Waals surface area contributed by atoms with Crippen LogP contribution in [0.4, 0.5) is 11.4 Å². The first-order chi connectivity index (χ1) is 10.2. The lowest BCUT2D eigenvalue weighted by Crippen LogP contribution is -2.46. The summed E-state index contributed by atoms with van der Waals surface area (Å²) in [5.41, 5.74) is 1.55. The zero-order valence-electron chi connectivity index (χ0n) is 10.8. The van der Waals surface area contributed by atoms with Gasteiger partial charge in [0, 0.05) is 0 Å². The summed E-state index contributed by atoms with van der Waals surface area (Å²) in [6.45, 7) is 0. The molecule has 1 spiro atoms. The molecule has 21 heavy (non-hydrogen) atoms. The monoisotopic (exact) mass is 314 g/mol. The molecule has 1 fully saturated rings. The van der Waals surface area contributed by atoms with Crippen LogP contribution in [0.3, 0.4) is 0 Å². The number of fused-ring (bicyclic) bond motifs is 1. The fraction of sp³-hybridized carbons (Fsp3) is 0.0667. The third kappa shape index (κ3) is 1.83. The maximum absolute atomic E-state index is 12.8. The molecule has 104 valence electrons. The Labute approximate surface area is 131 Å². The van der Waals surface area contributed by atoms with Crippen LogP contribution in [0.25, 0.3) is 0 Å². The molecule has 1 unspecified atom stereocenters. The minimum atomic E-state index is -1.18. The molecule has 1 atom stereocenters. The molecule has 1 saturated heterocycles. The Hall–Kier alpha value is -2.05. The number of thiocarbonyl (C=S) groups is 1.